The van der Waals surface area contributed by atoms with Gasteiger partial charge in [-0.1, -0.05) is 12.1 Å². The van der Waals surface area contributed by atoms with Crippen molar-refractivity contribution in [3.05, 3.63) is 29.8 Å². The molecule has 2 nitrogen and oxygen atoms in total. The molecule has 1 N–H and O–H groups in total. The van der Waals surface area contributed by atoms with Gasteiger partial charge in [-0.05, 0) is 50.6 Å². The van der Waals surface area contributed by atoms with Crippen molar-refractivity contribution in [1.29, 1.82) is 0 Å². The molecule has 0 aromatic heterocycles. The lowest BCUT2D eigenvalue weighted by Crippen LogP contribution is -2.23. The van der Waals surface area contributed by atoms with Gasteiger partial charge in [0.25, 0.3) is 0 Å². The number of likely N-dealkylation sites (tertiary alicyclic amines) is 1. The number of rotatable bonds is 2. The molecular weight excluding hydrogens is 174 g/mol. The number of nitrogens with zero attached hydrogens (tertiary/aromatic N) is 1. The lowest BCUT2D eigenvalue weighted by Gasteiger charge is -2.23. The van der Waals surface area contributed by atoms with Gasteiger partial charge in [-0.3, -0.25) is 4.90 Å². The van der Waals surface area contributed by atoms with Crippen molar-refractivity contribution < 1.29 is 5.11 Å². The zero-order chi connectivity index (χ0) is 9.97. The number of phenolic OH excluding ortho intramolecular Hbond substituents is 1. The van der Waals surface area contributed by atoms with E-state index in [0.29, 0.717) is 11.8 Å². The molecule has 1 aromatic rings. The van der Waals surface area contributed by atoms with Gasteiger partial charge in [-0.25, -0.2) is 0 Å². The van der Waals surface area contributed by atoms with E-state index in [1.165, 1.54) is 31.5 Å². The first-order valence-corrected chi connectivity index (χ1v) is 5.30. The Kier molecular flexibility index (Phi) is 2.73. The summed E-state index contributed by atoms with van der Waals surface area (Å²) in [5.74, 6) is 0.349. The molecule has 0 saturated carbocycles. The molecule has 0 aliphatic carbocycles. The molecule has 1 aliphatic heterocycles. The van der Waals surface area contributed by atoms with Gasteiger partial charge in [0.15, 0.2) is 0 Å². The van der Waals surface area contributed by atoms with Gasteiger partial charge >= 0.3 is 0 Å². The average Bonchev–Trinajstić information content (AvgIpc) is 2.71. The van der Waals surface area contributed by atoms with Crippen LogP contribution in [0, 0.1) is 0 Å². The third-order valence-corrected chi connectivity index (χ3v) is 3.06. The topological polar surface area (TPSA) is 23.5 Å². The highest BCUT2D eigenvalue weighted by molar-refractivity contribution is 5.27. The molecule has 1 aromatic carbocycles. The van der Waals surface area contributed by atoms with Crippen LogP contribution in [0.4, 0.5) is 0 Å². The Labute approximate surface area is 85.2 Å². The molecule has 1 aliphatic rings. The predicted molar refractivity (Wildman–Crippen MR) is 57.3 cm³/mol. The minimum atomic E-state index is 0.349. The number of phenols is 1. The molecule has 0 radical (unpaired) electrons. The molecule has 1 heterocycles. The van der Waals surface area contributed by atoms with Crippen molar-refractivity contribution in [2.75, 3.05) is 13.1 Å². The first-order valence-electron chi connectivity index (χ1n) is 5.30. The van der Waals surface area contributed by atoms with Crippen molar-refractivity contribution >= 4 is 0 Å². The van der Waals surface area contributed by atoms with Crippen molar-refractivity contribution in [2.24, 2.45) is 0 Å². The van der Waals surface area contributed by atoms with E-state index in [2.05, 4.69) is 11.8 Å². The average molecular weight is 191 g/mol. The normalized spacial score (nSPS) is 19.8. The van der Waals surface area contributed by atoms with Crippen LogP contribution in [0.15, 0.2) is 24.3 Å². The van der Waals surface area contributed by atoms with Crippen LogP contribution in [0.1, 0.15) is 31.4 Å². The summed E-state index contributed by atoms with van der Waals surface area (Å²) in [5.41, 5.74) is 1.30. The quantitative estimate of drug-likeness (QED) is 0.776. The highest BCUT2D eigenvalue weighted by Gasteiger charge is 2.18. The Morgan fingerprint density at radius 1 is 1.14 bits per heavy atom. The first kappa shape index (κ1) is 9.53. The van der Waals surface area contributed by atoms with Crippen LogP contribution >= 0.6 is 0 Å². The second kappa shape index (κ2) is 4.01. The first-order chi connectivity index (χ1) is 6.77. The lowest BCUT2D eigenvalue weighted by atomic mass is 10.1. The van der Waals surface area contributed by atoms with Gasteiger partial charge in [0.2, 0.25) is 0 Å². The second-order valence-corrected chi connectivity index (χ2v) is 4.01. The third-order valence-electron chi connectivity index (χ3n) is 3.06. The Morgan fingerprint density at radius 3 is 2.29 bits per heavy atom. The molecule has 2 heteroatoms. The Hall–Kier alpha value is -1.02. The SMILES string of the molecule is CC(c1ccc(O)cc1)N1CCCC1. The Bertz CT molecular complexity index is 288. The smallest absolute Gasteiger partial charge is 0.115 e. The van der Waals surface area contributed by atoms with E-state index < -0.39 is 0 Å². The summed E-state index contributed by atoms with van der Waals surface area (Å²) in [5, 5.41) is 9.19. The van der Waals surface area contributed by atoms with E-state index in [4.69, 9.17) is 0 Å². The summed E-state index contributed by atoms with van der Waals surface area (Å²) in [6.45, 7) is 4.65. The largest absolute Gasteiger partial charge is 0.508 e. The molecule has 1 saturated heterocycles. The van der Waals surface area contributed by atoms with E-state index in [9.17, 15) is 5.11 Å². The summed E-state index contributed by atoms with van der Waals surface area (Å²) in [6, 6.07) is 8.04. The molecule has 2 rings (SSSR count). The van der Waals surface area contributed by atoms with Gasteiger partial charge in [0.1, 0.15) is 5.75 Å². The van der Waals surface area contributed by atoms with Crippen LogP contribution in [0.3, 0.4) is 0 Å². The van der Waals surface area contributed by atoms with Crippen LogP contribution < -0.4 is 0 Å². The molecular formula is C12H17NO. The standard InChI is InChI=1S/C12H17NO/c1-10(13-8-2-3-9-13)11-4-6-12(14)7-5-11/h4-7,10,14H,2-3,8-9H2,1H3. The number of hydrogen-bond donors (Lipinski definition) is 1. The Morgan fingerprint density at radius 2 is 1.71 bits per heavy atom. The molecule has 14 heavy (non-hydrogen) atoms. The van der Waals surface area contributed by atoms with Crippen molar-refractivity contribution in [3.8, 4) is 5.75 Å². The van der Waals surface area contributed by atoms with Crippen molar-refractivity contribution in [3.63, 3.8) is 0 Å². The van der Waals surface area contributed by atoms with E-state index in [1.54, 1.807) is 12.1 Å². The minimum absolute atomic E-state index is 0.349. The van der Waals surface area contributed by atoms with Crippen LogP contribution in [-0.2, 0) is 0 Å². The third kappa shape index (κ3) is 1.90. The second-order valence-electron chi connectivity index (χ2n) is 4.01. The molecule has 0 bridgehead atoms. The lowest BCUT2D eigenvalue weighted by molar-refractivity contribution is 0.263. The maximum Gasteiger partial charge on any atom is 0.115 e. The van der Waals surface area contributed by atoms with Gasteiger partial charge < -0.3 is 5.11 Å². The van der Waals surface area contributed by atoms with Crippen LogP contribution in [0.2, 0.25) is 0 Å². The monoisotopic (exact) mass is 191 g/mol. The fourth-order valence-electron chi connectivity index (χ4n) is 2.09. The fraction of sp³-hybridized carbons (Fsp3) is 0.500. The molecule has 76 valence electrons. The fourth-order valence-corrected chi connectivity index (χ4v) is 2.09. The van der Waals surface area contributed by atoms with E-state index >= 15 is 0 Å². The highest BCUT2D eigenvalue weighted by atomic mass is 16.3. The highest BCUT2D eigenvalue weighted by Crippen LogP contribution is 2.25. The van der Waals surface area contributed by atoms with Crippen molar-refractivity contribution in [1.82, 2.24) is 4.90 Å². The number of hydrogen-bond acceptors (Lipinski definition) is 2. The molecule has 0 amide bonds. The number of benzene rings is 1. The summed E-state index contributed by atoms with van der Waals surface area (Å²) in [7, 11) is 0. The predicted octanol–water partition coefficient (Wildman–Crippen LogP) is 2.55. The van der Waals surface area contributed by atoms with Crippen LogP contribution in [-0.4, -0.2) is 23.1 Å². The zero-order valence-electron chi connectivity index (χ0n) is 8.61. The van der Waals surface area contributed by atoms with E-state index in [0.717, 1.165) is 0 Å². The van der Waals surface area contributed by atoms with Crippen molar-refractivity contribution in [2.45, 2.75) is 25.8 Å². The summed E-state index contributed by atoms with van der Waals surface area (Å²) in [4.78, 5) is 2.49. The van der Waals surface area contributed by atoms with Crippen LogP contribution in [0.5, 0.6) is 5.75 Å². The van der Waals surface area contributed by atoms with E-state index in [1.807, 2.05) is 12.1 Å². The molecule has 1 fully saturated rings. The summed E-state index contributed by atoms with van der Waals surface area (Å²) in [6.07, 6.45) is 2.64. The van der Waals surface area contributed by atoms with Gasteiger partial charge in [-0.15, -0.1) is 0 Å². The van der Waals surface area contributed by atoms with Gasteiger partial charge in [-0.2, -0.15) is 0 Å². The van der Waals surface area contributed by atoms with Gasteiger partial charge in [0.05, 0.1) is 0 Å². The minimum Gasteiger partial charge on any atom is -0.508 e. The maximum absolute atomic E-state index is 9.19. The molecule has 1 unspecified atom stereocenters. The summed E-state index contributed by atoms with van der Waals surface area (Å²) < 4.78 is 0. The van der Waals surface area contributed by atoms with E-state index in [-0.39, 0.29) is 0 Å². The maximum atomic E-state index is 9.19. The molecule has 0 spiro atoms. The zero-order valence-corrected chi connectivity index (χ0v) is 8.61. The Balaban J connectivity index is 2.09. The van der Waals surface area contributed by atoms with Gasteiger partial charge in [0, 0.05) is 6.04 Å². The van der Waals surface area contributed by atoms with Crippen LogP contribution in [0.25, 0.3) is 0 Å². The molecule has 1 atom stereocenters. The number of aromatic hydroxyl groups is 1. The summed E-state index contributed by atoms with van der Waals surface area (Å²) >= 11 is 0.